The molecule has 1 saturated heterocycles. The van der Waals surface area contributed by atoms with Crippen molar-refractivity contribution in [2.45, 2.75) is 32.7 Å². The lowest BCUT2D eigenvalue weighted by Gasteiger charge is -2.26. The number of aryl methyl sites for hydroxylation is 2. The van der Waals surface area contributed by atoms with E-state index in [4.69, 9.17) is 12.2 Å². The molecule has 0 aliphatic carbocycles. The summed E-state index contributed by atoms with van der Waals surface area (Å²) in [5, 5.41) is 0.493. The van der Waals surface area contributed by atoms with Gasteiger partial charge in [-0.2, -0.15) is 0 Å². The third kappa shape index (κ3) is 3.21. The van der Waals surface area contributed by atoms with Gasteiger partial charge in [-0.15, -0.1) is 0 Å². The van der Waals surface area contributed by atoms with Crippen molar-refractivity contribution >= 4 is 29.0 Å². The predicted molar refractivity (Wildman–Crippen MR) is 109 cm³/mol. The summed E-state index contributed by atoms with van der Waals surface area (Å²) in [5.41, 5.74) is 4.57. The molecule has 5 nitrogen and oxygen atoms in total. The molecular weight excluding hydrogens is 358 g/mol. The number of rotatable bonds is 2. The molecule has 0 radical (unpaired) electrons. The fourth-order valence-electron chi connectivity index (χ4n) is 3.80. The molecule has 0 unspecified atom stereocenters. The molecule has 1 fully saturated rings. The van der Waals surface area contributed by atoms with Crippen molar-refractivity contribution in [2.75, 3.05) is 6.54 Å². The highest BCUT2D eigenvalue weighted by atomic mass is 32.1. The van der Waals surface area contributed by atoms with Crippen molar-refractivity contribution in [1.82, 2.24) is 14.9 Å². The zero-order valence-electron chi connectivity index (χ0n) is 15.3. The normalized spacial score (nSPS) is 16.8. The van der Waals surface area contributed by atoms with Crippen LogP contribution in [-0.2, 0) is 0 Å². The van der Waals surface area contributed by atoms with Gasteiger partial charge in [0, 0.05) is 12.1 Å². The van der Waals surface area contributed by atoms with Gasteiger partial charge in [-0.1, -0.05) is 18.2 Å². The van der Waals surface area contributed by atoms with Gasteiger partial charge in [0.1, 0.15) is 0 Å². The number of likely N-dealkylation sites (tertiary alicyclic amines) is 1. The number of aromatic amines is 2. The van der Waals surface area contributed by atoms with E-state index in [9.17, 15) is 9.59 Å². The molecule has 1 aromatic heterocycles. The Balaban J connectivity index is 1.70. The number of carbonyl (C=O) groups excluding carboxylic acids is 1. The largest absolute Gasteiger partial charge is 0.332 e. The molecule has 1 amide bonds. The Morgan fingerprint density at radius 3 is 2.70 bits per heavy atom. The van der Waals surface area contributed by atoms with E-state index >= 15 is 0 Å². The maximum atomic E-state index is 13.2. The number of hydrogen-bond donors (Lipinski definition) is 2. The van der Waals surface area contributed by atoms with Crippen LogP contribution in [0.1, 0.15) is 45.9 Å². The number of nitrogens with one attached hydrogen (secondary N) is 2. The van der Waals surface area contributed by atoms with E-state index in [1.807, 2.05) is 4.90 Å². The second-order valence-electron chi connectivity index (χ2n) is 7.17. The van der Waals surface area contributed by atoms with E-state index in [-0.39, 0.29) is 22.3 Å². The highest BCUT2D eigenvalue weighted by Crippen LogP contribution is 2.34. The number of nitrogens with zero attached hydrogens (tertiary/aromatic N) is 1. The minimum absolute atomic E-state index is 0.0165. The van der Waals surface area contributed by atoms with Gasteiger partial charge < -0.3 is 9.88 Å². The van der Waals surface area contributed by atoms with E-state index < -0.39 is 0 Å². The third-order valence-corrected chi connectivity index (χ3v) is 5.62. The number of aromatic nitrogens is 2. The first-order valence-electron chi connectivity index (χ1n) is 9.08. The number of H-pyrrole nitrogens is 2. The molecule has 1 aliphatic rings. The number of carbonyl (C=O) groups is 1. The van der Waals surface area contributed by atoms with Gasteiger partial charge in [0.15, 0.2) is 4.77 Å². The van der Waals surface area contributed by atoms with Gasteiger partial charge in [0.25, 0.3) is 11.5 Å². The van der Waals surface area contributed by atoms with Crippen molar-refractivity contribution < 1.29 is 4.79 Å². The number of benzene rings is 2. The summed E-state index contributed by atoms with van der Waals surface area (Å²) in [7, 11) is 0. The highest BCUT2D eigenvalue weighted by molar-refractivity contribution is 7.71. The summed E-state index contributed by atoms with van der Waals surface area (Å²) in [6.45, 7) is 4.93. The van der Waals surface area contributed by atoms with Crippen molar-refractivity contribution in [3.63, 3.8) is 0 Å². The highest BCUT2D eigenvalue weighted by Gasteiger charge is 2.30. The lowest BCUT2D eigenvalue weighted by molar-refractivity contribution is 0.0735. The molecule has 4 rings (SSSR count). The molecule has 0 spiro atoms. The average Bonchev–Trinajstić information content (AvgIpc) is 3.12. The Kier molecular flexibility index (Phi) is 4.44. The molecule has 138 valence electrons. The van der Waals surface area contributed by atoms with Crippen LogP contribution in [0.4, 0.5) is 0 Å². The van der Waals surface area contributed by atoms with Crippen LogP contribution in [0, 0.1) is 18.6 Å². The van der Waals surface area contributed by atoms with Gasteiger partial charge in [-0.3, -0.25) is 14.6 Å². The second-order valence-corrected chi connectivity index (χ2v) is 7.58. The van der Waals surface area contributed by atoms with Crippen LogP contribution < -0.4 is 5.56 Å². The van der Waals surface area contributed by atoms with E-state index in [1.54, 1.807) is 18.2 Å². The second kappa shape index (κ2) is 6.78. The molecule has 6 heteroatoms. The monoisotopic (exact) mass is 379 g/mol. The van der Waals surface area contributed by atoms with Crippen LogP contribution in [0.15, 0.2) is 41.2 Å². The SMILES string of the molecule is Cc1ccc([C@@H]2CCCN2C(=O)c2ccc3c(=O)[nH]c(=S)[nH]c3c2)cc1C. The quantitative estimate of drug-likeness (QED) is 0.656. The third-order valence-electron chi connectivity index (χ3n) is 5.42. The van der Waals surface area contributed by atoms with Gasteiger partial charge >= 0.3 is 0 Å². The van der Waals surface area contributed by atoms with Gasteiger partial charge in [0.2, 0.25) is 0 Å². The number of hydrogen-bond acceptors (Lipinski definition) is 3. The van der Waals surface area contributed by atoms with Crippen LogP contribution in [0.5, 0.6) is 0 Å². The number of amides is 1. The minimum atomic E-state index is -0.248. The van der Waals surface area contributed by atoms with Crippen LogP contribution >= 0.6 is 12.2 Å². The smallest absolute Gasteiger partial charge is 0.259 e. The Morgan fingerprint density at radius 1 is 1.11 bits per heavy atom. The lowest BCUT2D eigenvalue weighted by atomic mass is 9.99. The molecule has 2 heterocycles. The Morgan fingerprint density at radius 2 is 1.93 bits per heavy atom. The topological polar surface area (TPSA) is 69.0 Å². The average molecular weight is 379 g/mol. The van der Waals surface area contributed by atoms with Crippen LogP contribution in [0.3, 0.4) is 0 Å². The van der Waals surface area contributed by atoms with Crippen molar-refractivity contribution in [1.29, 1.82) is 0 Å². The molecule has 3 aromatic rings. The molecule has 2 aromatic carbocycles. The first-order chi connectivity index (χ1) is 12.9. The van der Waals surface area contributed by atoms with E-state index in [0.29, 0.717) is 16.5 Å². The summed E-state index contributed by atoms with van der Waals surface area (Å²) in [5.74, 6) is -0.0165. The molecule has 2 N–H and O–H groups in total. The predicted octanol–water partition coefficient (Wildman–Crippen LogP) is 4.18. The van der Waals surface area contributed by atoms with Crippen LogP contribution in [0.2, 0.25) is 0 Å². The van der Waals surface area contributed by atoms with Crippen molar-refractivity contribution in [3.05, 3.63) is 73.8 Å². The van der Waals surface area contributed by atoms with Gasteiger partial charge in [0.05, 0.1) is 16.9 Å². The van der Waals surface area contributed by atoms with Crippen molar-refractivity contribution in [3.8, 4) is 0 Å². The molecule has 1 atom stereocenters. The first-order valence-corrected chi connectivity index (χ1v) is 9.49. The maximum absolute atomic E-state index is 13.2. The van der Waals surface area contributed by atoms with E-state index in [0.717, 1.165) is 19.4 Å². The fraction of sp³-hybridized carbons (Fsp3) is 0.286. The summed E-state index contributed by atoms with van der Waals surface area (Å²) >= 11 is 5.04. The molecule has 27 heavy (non-hydrogen) atoms. The summed E-state index contributed by atoms with van der Waals surface area (Å²) < 4.78 is 0.256. The van der Waals surface area contributed by atoms with E-state index in [2.05, 4.69) is 42.0 Å². The standard InChI is InChI=1S/C21H21N3O2S/c1-12-5-6-14(10-13(12)2)18-4-3-9-24(18)20(26)15-7-8-16-17(11-15)22-21(27)23-19(16)25/h5-8,10-11,18H,3-4,9H2,1-2H3,(H2,22,23,25,27)/t18-/m0/s1. The molecule has 1 aliphatic heterocycles. The number of fused-ring (bicyclic) bond motifs is 1. The Hall–Kier alpha value is -2.73. The van der Waals surface area contributed by atoms with Crippen LogP contribution in [-0.4, -0.2) is 27.3 Å². The zero-order valence-corrected chi connectivity index (χ0v) is 16.2. The van der Waals surface area contributed by atoms with Crippen molar-refractivity contribution in [2.24, 2.45) is 0 Å². The summed E-state index contributed by atoms with van der Waals surface area (Å²) in [6, 6.07) is 11.6. The first kappa shape index (κ1) is 17.7. The van der Waals surface area contributed by atoms with Crippen LogP contribution in [0.25, 0.3) is 10.9 Å². The maximum Gasteiger partial charge on any atom is 0.259 e. The minimum Gasteiger partial charge on any atom is -0.332 e. The van der Waals surface area contributed by atoms with Gasteiger partial charge in [-0.25, -0.2) is 0 Å². The van der Waals surface area contributed by atoms with Gasteiger partial charge in [-0.05, 0) is 73.8 Å². The summed E-state index contributed by atoms with van der Waals surface area (Å²) in [6.07, 6.45) is 1.95. The fourth-order valence-corrected chi connectivity index (χ4v) is 4.00. The lowest BCUT2D eigenvalue weighted by Crippen LogP contribution is -2.30. The molecule has 0 saturated carbocycles. The Labute approximate surface area is 162 Å². The Bertz CT molecular complexity index is 1160. The van der Waals surface area contributed by atoms with E-state index in [1.165, 1.54) is 16.7 Å². The molecule has 0 bridgehead atoms. The zero-order chi connectivity index (χ0) is 19.1. The molecular formula is C21H21N3O2S. The summed E-state index contributed by atoms with van der Waals surface area (Å²) in [4.78, 5) is 32.7.